The highest BCUT2D eigenvalue weighted by Gasteiger charge is 2.24. The lowest BCUT2D eigenvalue weighted by atomic mass is 9.96. The third-order valence-corrected chi connectivity index (χ3v) is 6.12. The highest BCUT2D eigenvalue weighted by Crippen LogP contribution is 2.33. The molecule has 3 aromatic rings. The van der Waals surface area contributed by atoms with Crippen LogP contribution in [0.25, 0.3) is 11.0 Å². The zero-order valence-electron chi connectivity index (χ0n) is 17.6. The number of carbonyl (C=O) groups excluding carboxylic acids is 1. The van der Waals surface area contributed by atoms with Crippen LogP contribution in [0.3, 0.4) is 0 Å². The predicted molar refractivity (Wildman–Crippen MR) is 127 cm³/mol. The SMILES string of the molecule is CCCCc1oc2ccc(NS(C)(=O)=O)cc2c1C(=O)c1ccc(CCCBr)cc1O. The second kappa shape index (κ2) is 9.87. The maximum absolute atomic E-state index is 13.5. The van der Waals surface area contributed by atoms with Crippen LogP contribution in [-0.2, 0) is 22.9 Å². The van der Waals surface area contributed by atoms with E-state index in [9.17, 15) is 18.3 Å². The number of anilines is 1. The van der Waals surface area contributed by atoms with Gasteiger partial charge in [0, 0.05) is 22.8 Å². The first-order valence-corrected chi connectivity index (χ1v) is 13.2. The summed E-state index contributed by atoms with van der Waals surface area (Å²) >= 11 is 3.39. The first kappa shape index (κ1) is 23.3. The van der Waals surface area contributed by atoms with Crippen molar-refractivity contribution < 1.29 is 22.7 Å². The Bertz CT molecular complexity index is 1200. The van der Waals surface area contributed by atoms with Crippen LogP contribution in [0.15, 0.2) is 40.8 Å². The number of sulfonamides is 1. The molecule has 0 bridgehead atoms. The number of aryl methyl sites for hydroxylation is 2. The van der Waals surface area contributed by atoms with Crippen molar-refractivity contribution in [3.63, 3.8) is 0 Å². The molecule has 0 saturated heterocycles. The molecule has 1 heterocycles. The fourth-order valence-electron chi connectivity index (χ4n) is 3.52. The quantitative estimate of drug-likeness (QED) is 0.282. The highest BCUT2D eigenvalue weighted by atomic mass is 79.9. The summed E-state index contributed by atoms with van der Waals surface area (Å²) in [7, 11) is -3.47. The van der Waals surface area contributed by atoms with Gasteiger partial charge in [-0.15, -0.1) is 0 Å². The minimum atomic E-state index is -3.47. The van der Waals surface area contributed by atoms with E-state index in [1.54, 1.807) is 30.3 Å². The Hall–Kier alpha value is -2.32. The summed E-state index contributed by atoms with van der Waals surface area (Å²) in [6.45, 7) is 2.05. The maximum Gasteiger partial charge on any atom is 0.229 e. The Kier molecular flexibility index (Phi) is 7.43. The number of nitrogens with one attached hydrogen (secondary N) is 1. The van der Waals surface area contributed by atoms with E-state index in [1.165, 1.54) is 0 Å². The molecule has 6 nitrogen and oxygen atoms in total. The second-order valence-electron chi connectivity index (χ2n) is 7.56. The molecule has 3 rings (SSSR count). The van der Waals surface area contributed by atoms with E-state index in [-0.39, 0.29) is 17.1 Å². The van der Waals surface area contributed by atoms with Crippen LogP contribution >= 0.6 is 15.9 Å². The molecule has 1 aromatic heterocycles. The summed E-state index contributed by atoms with van der Waals surface area (Å²) < 4.78 is 31.7. The van der Waals surface area contributed by atoms with Crippen molar-refractivity contribution in [2.24, 2.45) is 0 Å². The van der Waals surface area contributed by atoms with Gasteiger partial charge < -0.3 is 9.52 Å². The van der Waals surface area contributed by atoms with E-state index >= 15 is 0 Å². The van der Waals surface area contributed by atoms with Crippen molar-refractivity contribution in [3.05, 3.63) is 58.8 Å². The molecule has 0 fully saturated rings. The van der Waals surface area contributed by atoms with Crippen molar-refractivity contribution in [1.82, 2.24) is 0 Å². The second-order valence-corrected chi connectivity index (χ2v) is 10.1. The van der Waals surface area contributed by atoms with E-state index in [0.29, 0.717) is 34.4 Å². The Morgan fingerprint density at radius 1 is 1.13 bits per heavy atom. The van der Waals surface area contributed by atoms with Crippen molar-refractivity contribution in [3.8, 4) is 5.75 Å². The Morgan fingerprint density at radius 3 is 2.55 bits per heavy atom. The predicted octanol–water partition coefficient (Wildman–Crippen LogP) is 5.41. The van der Waals surface area contributed by atoms with Gasteiger partial charge in [0.1, 0.15) is 17.1 Å². The number of phenolic OH excluding ortho intramolecular Hbond substituents is 1. The number of aromatic hydroxyl groups is 1. The number of phenols is 1. The molecular formula is C23H26BrNO5S. The van der Waals surface area contributed by atoms with Crippen LogP contribution in [0, 0.1) is 0 Å². The number of hydrogen-bond acceptors (Lipinski definition) is 5. The number of unbranched alkanes of at least 4 members (excludes halogenated alkanes) is 1. The molecule has 8 heteroatoms. The molecular weight excluding hydrogens is 482 g/mol. The Balaban J connectivity index is 2.09. The lowest BCUT2D eigenvalue weighted by Crippen LogP contribution is -2.09. The topological polar surface area (TPSA) is 96.6 Å². The molecule has 31 heavy (non-hydrogen) atoms. The largest absolute Gasteiger partial charge is 0.507 e. The maximum atomic E-state index is 13.5. The molecule has 0 aliphatic heterocycles. The van der Waals surface area contributed by atoms with Crippen LogP contribution in [0.5, 0.6) is 5.75 Å². The van der Waals surface area contributed by atoms with E-state index < -0.39 is 10.0 Å². The van der Waals surface area contributed by atoms with Crippen LogP contribution in [0.2, 0.25) is 0 Å². The third kappa shape index (κ3) is 5.68. The van der Waals surface area contributed by atoms with Gasteiger partial charge in [-0.1, -0.05) is 35.3 Å². The Labute approximate surface area is 190 Å². The molecule has 0 saturated carbocycles. The van der Waals surface area contributed by atoms with Gasteiger partial charge in [0.25, 0.3) is 0 Å². The monoisotopic (exact) mass is 507 g/mol. The summed E-state index contributed by atoms with van der Waals surface area (Å²) in [5.74, 6) is 0.130. The summed E-state index contributed by atoms with van der Waals surface area (Å²) in [5.41, 5.74) is 2.37. The summed E-state index contributed by atoms with van der Waals surface area (Å²) in [6.07, 6.45) is 5.14. The number of carbonyl (C=O) groups is 1. The average Bonchev–Trinajstić information content (AvgIpc) is 3.06. The Morgan fingerprint density at radius 2 is 1.90 bits per heavy atom. The van der Waals surface area contributed by atoms with Crippen molar-refractivity contribution in [2.45, 2.75) is 39.0 Å². The molecule has 0 aliphatic carbocycles. The van der Waals surface area contributed by atoms with Gasteiger partial charge in [-0.3, -0.25) is 9.52 Å². The smallest absolute Gasteiger partial charge is 0.229 e. The van der Waals surface area contributed by atoms with E-state index in [0.717, 1.165) is 42.8 Å². The van der Waals surface area contributed by atoms with Gasteiger partial charge in [-0.25, -0.2) is 8.42 Å². The molecule has 0 amide bonds. The van der Waals surface area contributed by atoms with Gasteiger partial charge in [0.2, 0.25) is 15.8 Å². The van der Waals surface area contributed by atoms with Gasteiger partial charge in [-0.2, -0.15) is 0 Å². The number of benzene rings is 2. The van der Waals surface area contributed by atoms with Gasteiger partial charge in [-0.05, 0) is 55.2 Å². The first-order valence-electron chi connectivity index (χ1n) is 10.2. The normalized spacial score (nSPS) is 11.7. The summed E-state index contributed by atoms with van der Waals surface area (Å²) in [5, 5.41) is 11.9. The molecule has 2 N–H and O–H groups in total. The minimum absolute atomic E-state index is 0.0710. The number of halogens is 1. The molecule has 166 valence electrons. The number of rotatable bonds is 10. The number of alkyl halides is 1. The lowest BCUT2D eigenvalue weighted by molar-refractivity contribution is 0.103. The van der Waals surface area contributed by atoms with E-state index in [2.05, 4.69) is 27.6 Å². The van der Waals surface area contributed by atoms with Crippen LogP contribution in [0.1, 0.15) is 53.4 Å². The highest BCUT2D eigenvalue weighted by molar-refractivity contribution is 9.09. The first-order chi connectivity index (χ1) is 14.7. The number of hydrogen-bond donors (Lipinski definition) is 2. The van der Waals surface area contributed by atoms with E-state index in [1.807, 2.05) is 6.07 Å². The average molecular weight is 508 g/mol. The van der Waals surface area contributed by atoms with Crippen molar-refractivity contribution >= 4 is 48.4 Å². The zero-order valence-corrected chi connectivity index (χ0v) is 20.0. The zero-order chi connectivity index (χ0) is 22.6. The minimum Gasteiger partial charge on any atom is -0.507 e. The number of furan rings is 1. The van der Waals surface area contributed by atoms with Crippen molar-refractivity contribution in [2.75, 3.05) is 16.3 Å². The van der Waals surface area contributed by atoms with Gasteiger partial charge in [0.15, 0.2) is 0 Å². The fraction of sp³-hybridized carbons (Fsp3) is 0.348. The van der Waals surface area contributed by atoms with Crippen LogP contribution in [-0.4, -0.2) is 30.9 Å². The van der Waals surface area contributed by atoms with Gasteiger partial charge in [0.05, 0.1) is 17.4 Å². The summed E-state index contributed by atoms with van der Waals surface area (Å²) in [6, 6.07) is 9.96. The molecule has 0 spiro atoms. The number of ketones is 1. The van der Waals surface area contributed by atoms with E-state index in [4.69, 9.17) is 4.42 Å². The molecule has 0 radical (unpaired) electrons. The lowest BCUT2D eigenvalue weighted by Gasteiger charge is -2.08. The summed E-state index contributed by atoms with van der Waals surface area (Å²) in [4.78, 5) is 13.5. The van der Waals surface area contributed by atoms with Crippen molar-refractivity contribution in [1.29, 1.82) is 0 Å². The fourth-order valence-corrected chi connectivity index (χ4v) is 4.35. The standard InChI is InChI=1S/C23H26BrNO5S/c1-3-4-7-21-22(18-14-16(25-31(2,28)29)9-11-20(18)30-21)23(27)17-10-8-15(6-5-12-24)13-19(17)26/h8-11,13-14,25-26H,3-7,12H2,1-2H3. The van der Waals surface area contributed by atoms with Crippen LogP contribution < -0.4 is 4.72 Å². The molecule has 0 aliphatic rings. The number of fused-ring (bicyclic) bond motifs is 1. The van der Waals surface area contributed by atoms with Crippen LogP contribution in [0.4, 0.5) is 5.69 Å². The third-order valence-electron chi connectivity index (χ3n) is 4.95. The van der Waals surface area contributed by atoms with Gasteiger partial charge >= 0.3 is 0 Å². The molecule has 0 unspecified atom stereocenters. The molecule has 2 aromatic carbocycles. The molecule has 0 atom stereocenters.